The molecule has 6 nitrogen and oxygen atoms in total. The van der Waals surface area contributed by atoms with Crippen LogP contribution in [0.5, 0.6) is 0 Å². The number of H-pyrrole nitrogens is 1. The number of imidazole rings is 1. The fourth-order valence-corrected chi connectivity index (χ4v) is 2.64. The number of hydrogen-bond acceptors (Lipinski definition) is 4. The molecule has 104 valence electrons. The van der Waals surface area contributed by atoms with E-state index >= 15 is 0 Å². The standard InChI is InChI=1S/C11H22N4O2S/c1-4-15(18(3,16)17)7-5-6-12-8-11-10(2)13-9-14-11/h9,12H,4-8H2,1-3H3,(H,13,14). The molecule has 0 aromatic carbocycles. The number of aryl methyl sites for hydroxylation is 1. The quantitative estimate of drug-likeness (QED) is 0.676. The number of hydrogen-bond donors (Lipinski definition) is 2. The summed E-state index contributed by atoms with van der Waals surface area (Å²) in [5, 5.41) is 3.26. The van der Waals surface area contributed by atoms with Crippen molar-refractivity contribution in [2.75, 3.05) is 25.9 Å². The Morgan fingerprint density at radius 2 is 2.22 bits per heavy atom. The van der Waals surface area contributed by atoms with Crippen LogP contribution in [0, 0.1) is 6.92 Å². The predicted molar refractivity (Wildman–Crippen MR) is 71.7 cm³/mol. The summed E-state index contributed by atoms with van der Waals surface area (Å²) in [6, 6.07) is 0. The van der Waals surface area contributed by atoms with Gasteiger partial charge in [-0.25, -0.2) is 17.7 Å². The number of rotatable bonds is 8. The molecule has 0 atom stereocenters. The average Bonchev–Trinajstić information content (AvgIpc) is 2.67. The molecule has 0 aliphatic heterocycles. The second-order valence-electron chi connectivity index (χ2n) is 4.26. The second-order valence-corrected chi connectivity index (χ2v) is 6.24. The predicted octanol–water partition coefficient (Wildman–Crippen LogP) is 0.479. The van der Waals surface area contributed by atoms with Crippen molar-refractivity contribution in [3.05, 3.63) is 17.7 Å². The van der Waals surface area contributed by atoms with Crippen LogP contribution in [0.2, 0.25) is 0 Å². The topological polar surface area (TPSA) is 78.1 Å². The monoisotopic (exact) mass is 274 g/mol. The summed E-state index contributed by atoms with van der Waals surface area (Å²) in [6.07, 6.45) is 3.72. The Morgan fingerprint density at radius 1 is 1.50 bits per heavy atom. The van der Waals surface area contributed by atoms with Gasteiger partial charge in [0.15, 0.2) is 0 Å². The highest BCUT2D eigenvalue weighted by atomic mass is 32.2. The molecule has 1 aromatic rings. The molecule has 1 rings (SSSR count). The number of aromatic amines is 1. The smallest absolute Gasteiger partial charge is 0.211 e. The van der Waals surface area contributed by atoms with Gasteiger partial charge in [-0.15, -0.1) is 0 Å². The van der Waals surface area contributed by atoms with E-state index in [1.54, 1.807) is 6.33 Å². The molecule has 18 heavy (non-hydrogen) atoms. The fourth-order valence-electron chi connectivity index (χ4n) is 1.71. The molecule has 0 saturated carbocycles. The molecule has 7 heteroatoms. The van der Waals surface area contributed by atoms with Crippen molar-refractivity contribution < 1.29 is 8.42 Å². The summed E-state index contributed by atoms with van der Waals surface area (Å²) in [6.45, 7) is 6.39. The zero-order valence-electron chi connectivity index (χ0n) is 11.2. The van der Waals surface area contributed by atoms with Crippen LogP contribution in [0.4, 0.5) is 0 Å². The van der Waals surface area contributed by atoms with Crippen LogP contribution >= 0.6 is 0 Å². The minimum absolute atomic E-state index is 0.525. The van der Waals surface area contributed by atoms with Gasteiger partial charge in [-0.1, -0.05) is 6.92 Å². The lowest BCUT2D eigenvalue weighted by atomic mass is 10.3. The van der Waals surface area contributed by atoms with Crippen molar-refractivity contribution in [2.45, 2.75) is 26.8 Å². The van der Waals surface area contributed by atoms with Crippen LogP contribution in [0.1, 0.15) is 24.7 Å². The van der Waals surface area contributed by atoms with Gasteiger partial charge >= 0.3 is 0 Å². The first-order chi connectivity index (χ1) is 8.45. The lowest BCUT2D eigenvalue weighted by Gasteiger charge is -2.17. The third kappa shape index (κ3) is 4.75. The molecular formula is C11H22N4O2S. The maximum Gasteiger partial charge on any atom is 0.211 e. The molecule has 0 unspecified atom stereocenters. The van der Waals surface area contributed by atoms with Crippen molar-refractivity contribution in [3.8, 4) is 0 Å². The SMILES string of the molecule is CCN(CCCNCc1nc[nH]c1C)S(C)(=O)=O. The maximum atomic E-state index is 11.3. The van der Waals surface area contributed by atoms with Crippen molar-refractivity contribution >= 4 is 10.0 Å². The minimum Gasteiger partial charge on any atom is -0.348 e. The van der Waals surface area contributed by atoms with Crippen LogP contribution in [-0.2, 0) is 16.6 Å². The lowest BCUT2D eigenvalue weighted by Crippen LogP contribution is -2.32. The van der Waals surface area contributed by atoms with Crippen LogP contribution in [-0.4, -0.2) is 48.6 Å². The first kappa shape index (κ1) is 15.1. The van der Waals surface area contributed by atoms with E-state index in [-0.39, 0.29) is 0 Å². The molecule has 0 aliphatic rings. The fraction of sp³-hybridized carbons (Fsp3) is 0.727. The Bertz CT molecular complexity index is 455. The molecule has 0 amide bonds. The molecule has 0 radical (unpaired) electrons. The zero-order valence-corrected chi connectivity index (χ0v) is 12.0. The van der Waals surface area contributed by atoms with Crippen LogP contribution in [0.15, 0.2) is 6.33 Å². The third-order valence-corrected chi connectivity index (χ3v) is 4.19. The van der Waals surface area contributed by atoms with Crippen molar-refractivity contribution in [1.29, 1.82) is 0 Å². The van der Waals surface area contributed by atoms with Gasteiger partial charge in [0.05, 0.1) is 18.3 Å². The highest BCUT2D eigenvalue weighted by molar-refractivity contribution is 7.88. The van der Waals surface area contributed by atoms with Crippen molar-refractivity contribution in [2.24, 2.45) is 0 Å². The van der Waals surface area contributed by atoms with E-state index in [1.807, 2.05) is 13.8 Å². The van der Waals surface area contributed by atoms with Gasteiger partial charge in [0.2, 0.25) is 10.0 Å². The first-order valence-corrected chi connectivity index (χ1v) is 7.94. The van der Waals surface area contributed by atoms with Gasteiger partial charge in [0.1, 0.15) is 0 Å². The van der Waals surface area contributed by atoms with Gasteiger partial charge < -0.3 is 10.3 Å². The molecule has 1 heterocycles. The molecule has 1 aromatic heterocycles. The summed E-state index contributed by atoms with van der Waals surface area (Å²) in [5.74, 6) is 0. The van der Waals surface area contributed by atoms with E-state index in [4.69, 9.17) is 0 Å². The Kier molecular flexibility index (Phi) is 5.77. The average molecular weight is 274 g/mol. The molecule has 0 bridgehead atoms. The van der Waals surface area contributed by atoms with E-state index in [1.165, 1.54) is 10.6 Å². The Balaban J connectivity index is 2.21. The molecule has 0 saturated heterocycles. The summed E-state index contributed by atoms with van der Waals surface area (Å²) >= 11 is 0. The normalized spacial score (nSPS) is 12.2. The van der Waals surface area contributed by atoms with E-state index in [2.05, 4.69) is 15.3 Å². The highest BCUT2D eigenvalue weighted by Gasteiger charge is 2.12. The van der Waals surface area contributed by atoms with Gasteiger partial charge in [-0.2, -0.15) is 0 Å². The maximum absolute atomic E-state index is 11.3. The molecule has 0 spiro atoms. The Morgan fingerprint density at radius 3 is 2.72 bits per heavy atom. The Hall–Kier alpha value is -0.920. The number of nitrogens with one attached hydrogen (secondary N) is 2. The van der Waals surface area contributed by atoms with Gasteiger partial charge in [-0.3, -0.25) is 0 Å². The minimum atomic E-state index is -3.06. The molecule has 2 N–H and O–H groups in total. The summed E-state index contributed by atoms with van der Waals surface area (Å²) in [5.41, 5.74) is 2.07. The van der Waals surface area contributed by atoms with Gasteiger partial charge in [0.25, 0.3) is 0 Å². The van der Waals surface area contributed by atoms with Crippen molar-refractivity contribution in [3.63, 3.8) is 0 Å². The van der Waals surface area contributed by atoms with Gasteiger partial charge in [0, 0.05) is 25.3 Å². The Labute approximate surface area is 109 Å². The van der Waals surface area contributed by atoms with E-state index in [0.717, 1.165) is 24.4 Å². The van der Waals surface area contributed by atoms with Crippen LogP contribution in [0.25, 0.3) is 0 Å². The largest absolute Gasteiger partial charge is 0.348 e. The third-order valence-electron chi connectivity index (χ3n) is 2.81. The summed E-state index contributed by atoms with van der Waals surface area (Å²) in [7, 11) is -3.06. The van der Waals surface area contributed by atoms with E-state index in [9.17, 15) is 8.42 Å². The highest BCUT2D eigenvalue weighted by Crippen LogP contribution is 2.00. The van der Waals surface area contributed by atoms with Crippen molar-refractivity contribution in [1.82, 2.24) is 19.6 Å². The summed E-state index contributed by atoms with van der Waals surface area (Å²) in [4.78, 5) is 7.20. The second kappa shape index (κ2) is 6.86. The number of aromatic nitrogens is 2. The van der Waals surface area contributed by atoms with Crippen LogP contribution in [0.3, 0.4) is 0 Å². The lowest BCUT2D eigenvalue weighted by molar-refractivity contribution is 0.419. The van der Waals surface area contributed by atoms with Crippen LogP contribution < -0.4 is 5.32 Å². The first-order valence-electron chi connectivity index (χ1n) is 6.09. The van der Waals surface area contributed by atoms with E-state index < -0.39 is 10.0 Å². The zero-order chi connectivity index (χ0) is 13.6. The number of sulfonamides is 1. The number of nitrogens with zero attached hydrogens (tertiary/aromatic N) is 2. The summed E-state index contributed by atoms with van der Waals surface area (Å²) < 4.78 is 24.2. The molecular weight excluding hydrogens is 252 g/mol. The van der Waals surface area contributed by atoms with Gasteiger partial charge in [-0.05, 0) is 19.9 Å². The molecule has 0 aliphatic carbocycles. The van der Waals surface area contributed by atoms with E-state index in [0.29, 0.717) is 19.6 Å². The molecule has 0 fully saturated rings.